The molecule has 0 aliphatic rings. The largest absolute Gasteiger partial charge is 0.435 e. The highest BCUT2D eigenvalue weighted by Gasteiger charge is 2.07. The fourth-order valence-corrected chi connectivity index (χ4v) is 1.76. The molecule has 0 spiro atoms. The Morgan fingerprint density at radius 1 is 1.47 bits per heavy atom. The van der Waals surface area contributed by atoms with Crippen molar-refractivity contribution in [1.29, 1.82) is 0 Å². The molecule has 5 heteroatoms. The monoisotopic (exact) mass is 295 g/mol. The van der Waals surface area contributed by atoms with Gasteiger partial charge in [-0.1, -0.05) is 6.92 Å². The predicted octanol–water partition coefficient (Wildman–Crippen LogP) is 3.55. The van der Waals surface area contributed by atoms with Gasteiger partial charge in [0.05, 0.1) is 16.9 Å². The van der Waals surface area contributed by atoms with Crippen LogP contribution in [-0.4, -0.2) is 14.8 Å². The Morgan fingerprint density at radius 3 is 3.06 bits per heavy atom. The molecule has 0 unspecified atom stereocenters. The quantitative estimate of drug-likeness (QED) is 0.866. The Bertz CT molecular complexity index is 510. The maximum atomic E-state index is 5.68. The second-order valence-electron chi connectivity index (χ2n) is 3.79. The minimum Gasteiger partial charge on any atom is -0.435 e. The van der Waals surface area contributed by atoms with Crippen LogP contribution in [0.15, 0.2) is 29.1 Å². The Kier molecular flexibility index (Phi) is 3.78. The van der Waals surface area contributed by atoms with Gasteiger partial charge in [-0.05, 0) is 40.9 Å². The summed E-state index contributed by atoms with van der Waals surface area (Å²) >= 11 is 3.46. The summed E-state index contributed by atoms with van der Waals surface area (Å²) in [5.41, 5.74) is 1.09. The van der Waals surface area contributed by atoms with Crippen LogP contribution in [0.25, 0.3) is 0 Å². The summed E-state index contributed by atoms with van der Waals surface area (Å²) < 4.78 is 8.41. The van der Waals surface area contributed by atoms with E-state index in [-0.39, 0.29) is 0 Å². The Morgan fingerprint density at radius 2 is 2.29 bits per heavy atom. The van der Waals surface area contributed by atoms with Gasteiger partial charge in [-0.3, -0.25) is 4.68 Å². The standard InChI is InChI=1S/C12H14BrN3O/c1-3-6-16-8-10(7-15-16)17-12-11(13)9(2)4-5-14-12/h4-5,7-8H,3,6H2,1-2H3. The van der Waals surface area contributed by atoms with Crippen molar-refractivity contribution in [3.05, 3.63) is 34.7 Å². The summed E-state index contributed by atoms with van der Waals surface area (Å²) in [5.74, 6) is 1.28. The van der Waals surface area contributed by atoms with E-state index in [4.69, 9.17) is 4.74 Å². The molecule has 2 rings (SSSR count). The van der Waals surface area contributed by atoms with Crippen molar-refractivity contribution in [2.75, 3.05) is 0 Å². The van der Waals surface area contributed by atoms with Crippen molar-refractivity contribution >= 4 is 15.9 Å². The maximum absolute atomic E-state index is 5.68. The van der Waals surface area contributed by atoms with Crippen LogP contribution in [0.4, 0.5) is 0 Å². The van der Waals surface area contributed by atoms with Gasteiger partial charge in [0, 0.05) is 12.7 Å². The molecule has 0 fully saturated rings. The van der Waals surface area contributed by atoms with Crippen LogP contribution in [0.1, 0.15) is 18.9 Å². The number of halogens is 1. The minimum atomic E-state index is 0.570. The van der Waals surface area contributed by atoms with E-state index in [1.807, 2.05) is 23.9 Å². The molecule has 4 nitrogen and oxygen atoms in total. The number of rotatable bonds is 4. The van der Waals surface area contributed by atoms with Crippen molar-refractivity contribution in [2.45, 2.75) is 26.8 Å². The molecule has 2 aromatic rings. The first-order valence-corrected chi connectivity index (χ1v) is 6.31. The first-order chi connectivity index (χ1) is 8.20. The molecule has 17 heavy (non-hydrogen) atoms. The van der Waals surface area contributed by atoms with E-state index < -0.39 is 0 Å². The highest BCUT2D eigenvalue weighted by molar-refractivity contribution is 9.10. The summed E-state index contributed by atoms with van der Waals surface area (Å²) in [7, 11) is 0. The first kappa shape index (κ1) is 12.1. The SMILES string of the molecule is CCCn1cc(Oc2nccc(C)c2Br)cn1. The van der Waals surface area contributed by atoms with E-state index in [0.717, 1.165) is 23.0 Å². The lowest BCUT2D eigenvalue weighted by molar-refractivity contribution is 0.457. The number of ether oxygens (including phenoxy) is 1. The average molecular weight is 296 g/mol. The highest BCUT2D eigenvalue weighted by Crippen LogP contribution is 2.29. The van der Waals surface area contributed by atoms with E-state index in [1.54, 1.807) is 12.4 Å². The second-order valence-corrected chi connectivity index (χ2v) is 4.58. The molecule has 0 amide bonds. The van der Waals surface area contributed by atoms with Gasteiger partial charge in [0.25, 0.3) is 0 Å². The molecule has 2 heterocycles. The van der Waals surface area contributed by atoms with Gasteiger partial charge in [0.2, 0.25) is 5.88 Å². The third kappa shape index (κ3) is 2.85. The molecule has 0 aliphatic heterocycles. The fraction of sp³-hybridized carbons (Fsp3) is 0.333. The van der Waals surface area contributed by atoms with Gasteiger partial charge in [-0.2, -0.15) is 5.10 Å². The Balaban J connectivity index is 2.16. The number of pyridine rings is 1. The number of hydrogen-bond donors (Lipinski definition) is 0. The molecule has 0 N–H and O–H groups in total. The summed E-state index contributed by atoms with van der Waals surface area (Å²) in [5, 5.41) is 4.20. The summed E-state index contributed by atoms with van der Waals surface area (Å²) in [6.45, 7) is 5.01. The second kappa shape index (κ2) is 5.31. The zero-order valence-electron chi connectivity index (χ0n) is 9.85. The minimum absolute atomic E-state index is 0.570. The third-order valence-electron chi connectivity index (χ3n) is 2.33. The van der Waals surface area contributed by atoms with Crippen LogP contribution in [-0.2, 0) is 6.54 Å². The zero-order chi connectivity index (χ0) is 12.3. The number of aryl methyl sites for hydroxylation is 2. The molecule has 0 radical (unpaired) electrons. The number of hydrogen-bond acceptors (Lipinski definition) is 3. The van der Waals surface area contributed by atoms with Gasteiger partial charge >= 0.3 is 0 Å². The summed E-state index contributed by atoms with van der Waals surface area (Å²) in [6.07, 6.45) is 6.35. The molecule has 0 saturated heterocycles. The van der Waals surface area contributed by atoms with Crippen molar-refractivity contribution in [1.82, 2.24) is 14.8 Å². The van der Waals surface area contributed by atoms with Gasteiger partial charge in [0.1, 0.15) is 0 Å². The number of nitrogens with zero attached hydrogens (tertiary/aromatic N) is 3. The van der Waals surface area contributed by atoms with Gasteiger partial charge in [-0.25, -0.2) is 4.98 Å². The molecular weight excluding hydrogens is 282 g/mol. The van der Waals surface area contributed by atoms with Gasteiger partial charge in [-0.15, -0.1) is 0 Å². The van der Waals surface area contributed by atoms with E-state index in [2.05, 4.69) is 32.9 Å². The van der Waals surface area contributed by atoms with Crippen LogP contribution < -0.4 is 4.74 Å². The van der Waals surface area contributed by atoms with Gasteiger partial charge in [0.15, 0.2) is 5.75 Å². The van der Waals surface area contributed by atoms with Crippen molar-refractivity contribution < 1.29 is 4.74 Å². The van der Waals surface area contributed by atoms with Crippen molar-refractivity contribution in [3.8, 4) is 11.6 Å². The summed E-state index contributed by atoms with van der Waals surface area (Å²) in [4.78, 5) is 4.18. The van der Waals surface area contributed by atoms with Crippen LogP contribution >= 0.6 is 15.9 Å². The molecule has 0 aromatic carbocycles. The predicted molar refractivity (Wildman–Crippen MR) is 69.3 cm³/mol. The smallest absolute Gasteiger partial charge is 0.234 e. The molecule has 0 saturated carbocycles. The van der Waals surface area contributed by atoms with E-state index in [0.29, 0.717) is 11.6 Å². The lowest BCUT2D eigenvalue weighted by Gasteiger charge is -2.05. The van der Waals surface area contributed by atoms with Crippen LogP contribution in [0.2, 0.25) is 0 Å². The molecular formula is C12H14BrN3O. The normalized spacial score (nSPS) is 10.5. The molecule has 2 aromatic heterocycles. The maximum Gasteiger partial charge on any atom is 0.234 e. The van der Waals surface area contributed by atoms with Crippen LogP contribution in [0, 0.1) is 6.92 Å². The Hall–Kier alpha value is -1.36. The van der Waals surface area contributed by atoms with Crippen LogP contribution in [0.5, 0.6) is 11.6 Å². The zero-order valence-corrected chi connectivity index (χ0v) is 11.4. The molecule has 0 bridgehead atoms. The van der Waals surface area contributed by atoms with Crippen molar-refractivity contribution in [3.63, 3.8) is 0 Å². The fourth-order valence-electron chi connectivity index (χ4n) is 1.45. The lowest BCUT2D eigenvalue weighted by Crippen LogP contribution is -1.95. The average Bonchev–Trinajstić information content (AvgIpc) is 2.73. The van der Waals surface area contributed by atoms with Gasteiger partial charge < -0.3 is 4.74 Å². The van der Waals surface area contributed by atoms with E-state index >= 15 is 0 Å². The molecule has 90 valence electrons. The highest BCUT2D eigenvalue weighted by atomic mass is 79.9. The topological polar surface area (TPSA) is 39.9 Å². The van der Waals surface area contributed by atoms with Crippen LogP contribution in [0.3, 0.4) is 0 Å². The van der Waals surface area contributed by atoms with E-state index in [9.17, 15) is 0 Å². The first-order valence-electron chi connectivity index (χ1n) is 5.52. The lowest BCUT2D eigenvalue weighted by atomic mass is 10.3. The summed E-state index contributed by atoms with van der Waals surface area (Å²) in [6, 6.07) is 1.93. The molecule has 0 aliphatic carbocycles. The number of aromatic nitrogens is 3. The molecule has 0 atom stereocenters. The Labute approximate surface area is 109 Å². The van der Waals surface area contributed by atoms with E-state index in [1.165, 1.54) is 0 Å². The third-order valence-corrected chi connectivity index (χ3v) is 3.29. The van der Waals surface area contributed by atoms with Crippen molar-refractivity contribution in [2.24, 2.45) is 0 Å².